The molecule has 2 heterocycles. The number of aromatic nitrogens is 1. The first-order valence-corrected chi connectivity index (χ1v) is 6.46. The number of amides is 1. The fourth-order valence-electron chi connectivity index (χ4n) is 2.31. The number of nitrogens with zero attached hydrogens (tertiary/aromatic N) is 2. The third-order valence-corrected chi connectivity index (χ3v) is 3.52. The molecule has 0 saturated carbocycles. The molecule has 4 heteroatoms. The van der Waals surface area contributed by atoms with E-state index in [1.165, 1.54) is 0 Å². The van der Waals surface area contributed by atoms with Crippen LogP contribution in [0, 0.1) is 0 Å². The van der Waals surface area contributed by atoms with E-state index in [2.05, 4.69) is 4.98 Å². The molecular weight excluding hydrogens is 248 g/mol. The Balaban J connectivity index is 1.97. The number of carbonyl (C=O) groups is 1. The maximum Gasteiger partial charge on any atom is 0.255 e. The van der Waals surface area contributed by atoms with Gasteiger partial charge in [0.15, 0.2) is 0 Å². The molecule has 3 rings (SSSR count). The summed E-state index contributed by atoms with van der Waals surface area (Å²) in [5.74, 6) is 0.0804. The van der Waals surface area contributed by atoms with Gasteiger partial charge in [0.05, 0.1) is 11.1 Å². The Kier molecular flexibility index (Phi) is 2.92. The molecule has 0 bridgehead atoms. The molecular formula is C14H13ClN2O. The van der Waals surface area contributed by atoms with Crippen LogP contribution < -0.4 is 0 Å². The lowest BCUT2D eigenvalue weighted by Gasteiger charge is -2.15. The van der Waals surface area contributed by atoms with Gasteiger partial charge in [-0.2, -0.15) is 0 Å². The summed E-state index contributed by atoms with van der Waals surface area (Å²) in [6, 6.07) is 7.40. The molecule has 92 valence electrons. The van der Waals surface area contributed by atoms with Crippen LogP contribution in [0.1, 0.15) is 23.2 Å². The molecule has 2 aromatic rings. The number of likely N-dealkylation sites (tertiary alicyclic amines) is 1. The zero-order valence-corrected chi connectivity index (χ0v) is 10.7. The number of rotatable bonds is 1. The van der Waals surface area contributed by atoms with Gasteiger partial charge < -0.3 is 4.90 Å². The fraction of sp³-hybridized carbons (Fsp3) is 0.286. The number of carbonyl (C=O) groups excluding carboxylic acids is 1. The molecule has 1 amide bonds. The number of benzene rings is 1. The molecule has 0 radical (unpaired) electrons. The predicted octanol–water partition coefficient (Wildman–Crippen LogP) is 3.12. The van der Waals surface area contributed by atoms with Crippen molar-refractivity contribution < 1.29 is 4.79 Å². The lowest BCUT2D eigenvalue weighted by atomic mass is 10.1. The molecule has 0 atom stereocenters. The van der Waals surface area contributed by atoms with Crippen molar-refractivity contribution in [2.45, 2.75) is 12.8 Å². The summed E-state index contributed by atoms with van der Waals surface area (Å²) in [5, 5.41) is 1.61. The molecule has 1 aliphatic rings. The van der Waals surface area contributed by atoms with E-state index in [1.807, 2.05) is 23.1 Å². The van der Waals surface area contributed by atoms with Crippen LogP contribution in [0.3, 0.4) is 0 Å². The van der Waals surface area contributed by atoms with Gasteiger partial charge in [0.2, 0.25) is 0 Å². The summed E-state index contributed by atoms with van der Waals surface area (Å²) in [5.41, 5.74) is 1.48. The number of hydrogen-bond donors (Lipinski definition) is 0. The highest BCUT2D eigenvalue weighted by atomic mass is 35.5. The van der Waals surface area contributed by atoms with E-state index in [1.54, 1.807) is 12.3 Å². The quantitative estimate of drug-likeness (QED) is 0.789. The van der Waals surface area contributed by atoms with Crippen LogP contribution >= 0.6 is 11.6 Å². The van der Waals surface area contributed by atoms with Crippen molar-refractivity contribution in [1.82, 2.24) is 9.88 Å². The molecule has 0 unspecified atom stereocenters. The summed E-state index contributed by atoms with van der Waals surface area (Å²) in [7, 11) is 0. The Bertz CT molecular complexity index is 606. The summed E-state index contributed by atoms with van der Waals surface area (Å²) >= 11 is 5.91. The summed E-state index contributed by atoms with van der Waals surface area (Å²) in [6.07, 6.45) is 3.84. The number of hydrogen-bond acceptors (Lipinski definition) is 2. The average Bonchev–Trinajstić information content (AvgIpc) is 2.91. The molecule has 0 aliphatic carbocycles. The summed E-state index contributed by atoms with van der Waals surface area (Å²) < 4.78 is 0. The topological polar surface area (TPSA) is 33.2 Å². The highest BCUT2D eigenvalue weighted by molar-refractivity contribution is 6.31. The van der Waals surface area contributed by atoms with Gasteiger partial charge in [0.1, 0.15) is 0 Å². The van der Waals surface area contributed by atoms with Crippen molar-refractivity contribution in [2.75, 3.05) is 13.1 Å². The standard InChI is InChI=1S/C14H13ClN2O/c15-12-4-3-10-7-11(9-16-13(10)8-12)14(18)17-5-1-2-6-17/h3-4,7-9H,1-2,5-6H2. The van der Waals surface area contributed by atoms with Gasteiger partial charge in [0.25, 0.3) is 5.91 Å². The zero-order valence-electron chi connectivity index (χ0n) is 9.90. The fourth-order valence-corrected chi connectivity index (χ4v) is 2.48. The van der Waals surface area contributed by atoms with Crippen LogP contribution in [-0.2, 0) is 0 Å². The highest BCUT2D eigenvalue weighted by Gasteiger charge is 2.19. The first kappa shape index (κ1) is 11.5. The van der Waals surface area contributed by atoms with E-state index in [9.17, 15) is 4.79 Å². The zero-order chi connectivity index (χ0) is 12.5. The van der Waals surface area contributed by atoms with Crippen LogP contribution in [0.25, 0.3) is 10.9 Å². The van der Waals surface area contributed by atoms with Crippen molar-refractivity contribution in [3.63, 3.8) is 0 Å². The Morgan fingerprint density at radius 1 is 1.22 bits per heavy atom. The first-order chi connectivity index (χ1) is 8.74. The normalized spacial score (nSPS) is 15.3. The second kappa shape index (κ2) is 4.58. The molecule has 1 aromatic heterocycles. The van der Waals surface area contributed by atoms with Crippen LogP contribution in [0.2, 0.25) is 5.02 Å². The van der Waals surface area contributed by atoms with Crippen LogP contribution in [0.5, 0.6) is 0 Å². The first-order valence-electron chi connectivity index (χ1n) is 6.09. The minimum atomic E-state index is 0.0804. The number of pyridine rings is 1. The van der Waals surface area contributed by atoms with Gasteiger partial charge in [-0.3, -0.25) is 9.78 Å². The van der Waals surface area contributed by atoms with Crippen LogP contribution in [-0.4, -0.2) is 28.9 Å². The maximum absolute atomic E-state index is 12.2. The molecule has 18 heavy (non-hydrogen) atoms. The summed E-state index contributed by atoms with van der Waals surface area (Å²) in [4.78, 5) is 18.4. The van der Waals surface area contributed by atoms with Crippen molar-refractivity contribution >= 4 is 28.4 Å². The van der Waals surface area contributed by atoms with Gasteiger partial charge in [-0.05, 0) is 31.0 Å². The third-order valence-electron chi connectivity index (χ3n) is 3.29. The lowest BCUT2D eigenvalue weighted by Crippen LogP contribution is -2.27. The second-order valence-corrected chi connectivity index (χ2v) is 5.00. The van der Waals surface area contributed by atoms with Gasteiger partial charge in [-0.1, -0.05) is 17.7 Å². The van der Waals surface area contributed by atoms with Gasteiger partial charge >= 0.3 is 0 Å². The number of fused-ring (bicyclic) bond motifs is 1. The van der Waals surface area contributed by atoms with E-state index in [0.29, 0.717) is 10.6 Å². The highest BCUT2D eigenvalue weighted by Crippen LogP contribution is 2.20. The Hall–Kier alpha value is -1.61. The largest absolute Gasteiger partial charge is 0.339 e. The molecule has 1 aromatic carbocycles. The van der Waals surface area contributed by atoms with Crippen molar-refractivity contribution in [3.8, 4) is 0 Å². The van der Waals surface area contributed by atoms with Gasteiger partial charge in [-0.15, -0.1) is 0 Å². The Morgan fingerprint density at radius 3 is 2.78 bits per heavy atom. The van der Waals surface area contributed by atoms with Gasteiger partial charge in [0, 0.05) is 29.7 Å². The minimum Gasteiger partial charge on any atom is -0.339 e. The van der Waals surface area contributed by atoms with Gasteiger partial charge in [-0.25, -0.2) is 0 Å². The smallest absolute Gasteiger partial charge is 0.255 e. The molecule has 0 N–H and O–H groups in total. The van der Waals surface area contributed by atoms with E-state index in [4.69, 9.17) is 11.6 Å². The van der Waals surface area contributed by atoms with E-state index >= 15 is 0 Å². The van der Waals surface area contributed by atoms with E-state index < -0.39 is 0 Å². The monoisotopic (exact) mass is 260 g/mol. The van der Waals surface area contributed by atoms with Crippen molar-refractivity contribution in [2.24, 2.45) is 0 Å². The second-order valence-electron chi connectivity index (χ2n) is 4.56. The van der Waals surface area contributed by atoms with Crippen LogP contribution in [0.4, 0.5) is 0 Å². The molecule has 1 fully saturated rings. The summed E-state index contributed by atoms with van der Waals surface area (Å²) in [6.45, 7) is 1.72. The Labute approximate surface area is 110 Å². The maximum atomic E-state index is 12.2. The Morgan fingerprint density at radius 2 is 2.00 bits per heavy atom. The van der Waals surface area contributed by atoms with Crippen LogP contribution in [0.15, 0.2) is 30.5 Å². The average molecular weight is 261 g/mol. The SMILES string of the molecule is O=C(c1cnc2cc(Cl)ccc2c1)N1CCCC1. The van der Waals surface area contributed by atoms with Crippen molar-refractivity contribution in [1.29, 1.82) is 0 Å². The molecule has 1 aliphatic heterocycles. The number of halogens is 1. The lowest BCUT2D eigenvalue weighted by molar-refractivity contribution is 0.0792. The van der Waals surface area contributed by atoms with Crippen molar-refractivity contribution in [3.05, 3.63) is 41.0 Å². The third kappa shape index (κ3) is 2.06. The minimum absolute atomic E-state index is 0.0804. The molecule has 0 spiro atoms. The van der Waals surface area contributed by atoms with E-state index in [-0.39, 0.29) is 5.91 Å². The predicted molar refractivity (Wildman–Crippen MR) is 71.9 cm³/mol. The van der Waals surface area contributed by atoms with E-state index in [0.717, 1.165) is 36.8 Å². The molecule has 3 nitrogen and oxygen atoms in total. The molecule has 1 saturated heterocycles.